The Hall–Kier alpha value is -1.59. The fourth-order valence-electron chi connectivity index (χ4n) is 2.68. The highest BCUT2D eigenvalue weighted by Gasteiger charge is 2.16. The van der Waals surface area contributed by atoms with E-state index in [1.54, 1.807) is 12.1 Å². The lowest BCUT2D eigenvalue weighted by atomic mass is 10.1. The second-order valence-corrected chi connectivity index (χ2v) is 5.43. The van der Waals surface area contributed by atoms with E-state index in [-0.39, 0.29) is 11.9 Å². The second kappa shape index (κ2) is 7.26. The topological polar surface area (TPSA) is 70.4 Å². The summed E-state index contributed by atoms with van der Waals surface area (Å²) in [5, 5.41) is 3.04. The van der Waals surface area contributed by atoms with Crippen LogP contribution in [0.15, 0.2) is 24.3 Å². The van der Waals surface area contributed by atoms with Crippen molar-refractivity contribution in [1.29, 1.82) is 0 Å². The van der Waals surface area contributed by atoms with Gasteiger partial charge in [-0.3, -0.25) is 10.6 Å². The van der Waals surface area contributed by atoms with Crippen molar-refractivity contribution in [3.05, 3.63) is 29.8 Å². The van der Waals surface area contributed by atoms with Crippen molar-refractivity contribution in [2.45, 2.75) is 32.2 Å². The molecule has 0 saturated carbocycles. The van der Waals surface area contributed by atoms with Gasteiger partial charge in [0.25, 0.3) is 5.91 Å². The summed E-state index contributed by atoms with van der Waals surface area (Å²) in [7, 11) is 0. The van der Waals surface area contributed by atoms with Gasteiger partial charge in [0.2, 0.25) is 0 Å². The number of piperidine rings is 1. The molecule has 1 aromatic rings. The highest BCUT2D eigenvalue weighted by Crippen LogP contribution is 2.14. The standard InChI is InChI=1S/C15H24N4O/c1-12(11-19-9-5-2-6-10-19)17-15(20)13-7-3-4-8-14(13)18-16/h3-4,7-8,12,18H,2,5-6,9-11,16H2,1H3,(H,17,20). The average molecular weight is 276 g/mol. The number of rotatable bonds is 5. The van der Waals surface area contributed by atoms with Crippen molar-refractivity contribution in [3.63, 3.8) is 0 Å². The number of carbonyl (C=O) groups excluding carboxylic acids is 1. The lowest BCUT2D eigenvalue weighted by Crippen LogP contribution is -2.43. The molecule has 0 radical (unpaired) electrons. The Morgan fingerprint density at radius 3 is 2.70 bits per heavy atom. The highest BCUT2D eigenvalue weighted by atomic mass is 16.1. The minimum atomic E-state index is -0.0805. The summed E-state index contributed by atoms with van der Waals surface area (Å²) in [6, 6.07) is 7.39. The average Bonchev–Trinajstić information content (AvgIpc) is 2.48. The van der Waals surface area contributed by atoms with Crippen LogP contribution in [0.4, 0.5) is 5.69 Å². The van der Waals surface area contributed by atoms with Crippen LogP contribution >= 0.6 is 0 Å². The summed E-state index contributed by atoms with van der Waals surface area (Å²) in [5.74, 6) is 5.35. The van der Waals surface area contributed by atoms with Crippen LogP contribution < -0.4 is 16.6 Å². The van der Waals surface area contributed by atoms with Gasteiger partial charge in [-0.15, -0.1) is 0 Å². The molecule has 1 aliphatic rings. The number of nitrogens with zero attached hydrogens (tertiary/aromatic N) is 1. The summed E-state index contributed by atoms with van der Waals surface area (Å²) in [6.07, 6.45) is 3.86. The quantitative estimate of drug-likeness (QED) is 0.564. The Balaban J connectivity index is 1.89. The SMILES string of the molecule is CC(CN1CCCCC1)NC(=O)c1ccccc1NN. The number of para-hydroxylation sites is 1. The number of nitrogens with two attached hydrogens (primary N) is 1. The third kappa shape index (κ3) is 3.95. The molecule has 1 aliphatic heterocycles. The maximum atomic E-state index is 12.3. The number of hydrogen-bond donors (Lipinski definition) is 3. The van der Waals surface area contributed by atoms with E-state index in [1.165, 1.54) is 19.3 Å². The van der Waals surface area contributed by atoms with Crippen LogP contribution in [-0.2, 0) is 0 Å². The van der Waals surface area contributed by atoms with Crippen LogP contribution in [0.5, 0.6) is 0 Å². The number of likely N-dealkylation sites (tertiary alicyclic amines) is 1. The largest absolute Gasteiger partial charge is 0.348 e. The maximum absolute atomic E-state index is 12.3. The molecule has 0 aliphatic carbocycles. The molecule has 110 valence electrons. The molecule has 1 unspecified atom stereocenters. The Morgan fingerprint density at radius 2 is 2.00 bits per heavy atom. The Kier molecular flexibility index (Phi) is 5.38. The molecular formula is C15H24N4O. The fourth-order valence-corrected chi connectivity index (χ4v) is 2.68. The summed E-state index contributed by atoms with van der Waals surface area (Å²) in [6.45, 7) is 5.23. The van der Waals surface area contributed by atoms with Gasteiger partial charge in [-0.1, -0.05) is 18.6 Å². The first-order valence-electron chi connectivity index (χ1n) is 7.29. The molecule has 5 heteroatoms. The molecular weight excluding hydrogens is 252 g/mol. The number of hydrogen-bond acceptors (Lipinski definition) is 4. The molecule has 4 N–H and O–H groups in total. The van der Waals surface area contributed by atoms with Crippen LogP contribution in [0, 0.1) is 0 Å². The minimum Gasteiger partial charge on any atom is -0.348 e. The van der Waals surface area contributed by atoms with Crippen LogP contribution in [0.2, 0.25) is 0 Å². The van der Waals surface area contributed by atoms with E-state index < -0.39 is 0 Å². The van der Waals surface area contributed by atoms with Gasteiger partial charge in [-0.25, -0.2) is 0 Å². The first kappa shape index (κ1) is 14.8. The molecule has 1 amide bonds. The van der Waals surface area contributed by atoms with Crippen molar-refractivity contribution in [2.75, 3.05) is 25.1 Å². The predicted octanol–water partition coefficient (Wildman–Crippen LogP) is 1.58. The number of benzene rings is 1. The van der Waals surface area contributed by atoms with Crippen molar-refractivity contribution in [1.82, 2.24) is 10.2 Å². The van der Waals surface area contributed by atoms with Gasteiger partial charge < -0.3 is 15.6 Å². The number of nitrogen functional groups attached to an aromatic ring is 1. The Labute approximate surface area is 120 Å². The van der Waals surface area contributed by atoms with E-state index in [1.807, 2.05) is 19.1 Å². The summed E-state index contributed by atoms with van der Waals surface area (Å²) in [5.41, 5.74) is 3.79. The summed E-state index contributed by atoms with van der Waals surface area (Å²) < 4.78 is 0. The van der Waals surface area contributed by atoms with Crippen LogP contribution in [0.1, 0.15) is 36.5 Å². The lowest BCUT2D eigenvalue weighted by Gasteiger charge is -2.29. The number of hydrazine groups is 1. The highest BCUT2D eigenvalue weighted by molar-refractivity contribution is 5.99. The van der Waals surface area contributed by atoms with E-state index in [9.17, 15) is 4.79 Å². The zero-order valence-electron chi connectivity index (χ0n) is 12.1. The second-order valence-electron chi connectivity index (χ2n) is 5.43. The van der Waals surface area contributed by atoms with Crippen LogP contribution in [0.25, 0.3) is 0 Å². The van der Waals surface area contributed by atoms with Gasteiger partial charge in [0, 0.05) is 12.6 Å². The zero-order valence-corrected chi connectivity index (χ0v) is 12.1. The van der Waals surface area contributed by atoms with Crippen molar-refractivity contribution < 1.29 is 4.79 Å². The van der Waals surface area contributed by atoms with Crippen molar-refractivity contribution in [2.24, 2.45) is 5.84 Å². The van der Waals surface area contributed by atoms with Gasteiger partial charge in [-0.05, 0) is 45.0 Å². The predicted molar refractivity (Wildman–Crippen MR) is 81.5 cm³/mol. The molecule has 0 bridgehead atoms. The van der Waals surface area contributed by atoms with E-state index >= 15 is 0 Å². The number of anilines is 1. The fraction of sp³-hybridized carbons (Fsp3) is 0.533. The first-order chi connectivity index (χ1) is 9.70. The van der Waals surface area contributed by atoms with Gasteiger partial charge in [-0.2, -0.15) is 0 Å². The van der Waals surface area contributed by atoms with Gasteiger partial charge in [0.15, 0.2) is 0 Å². The maximum Gasteiger partial charge on any atom is 0.253 e. The van der Waals surface area contributed by atoms with Gasteiger partial charge in [0.05, 0.1) is 11.3 Å². The molecule has 2 rings (SSSR count). The van der Waals surface area contributed by atoms with E-state index in [2.05, 4.69) is 15.6 Å². The first-order valence-corrected chi connectivity index (χ1v) is 7.29. The lowest BCUT2D eigenvalue weighted by molar-refractivity contribution is 0.0926. The molecule has 1 saturated heterocycles. The van der Waals surface area contributed by atoms with Crippen LogP contribution in [0.3, 0.4) is 0 Å². The molecule has 0 aromatic heterocycles. The van der Waals surface area contributed by atoms with Crippen molar-refractivity contribution in [3.8, 4) is 0 Å². The normalized spacial score (nSPS) is 17.5. The number of nitrogens with one attached hydrogen (secondary N) is 2. The van der Waals surface area contributed by atoms with Gasteiger partial charge >= 0.3 is 0 Å². The van der Waals surface area contributed by atoms with Gasteiger partial charge in [0.1, 0.15) is 0 Å². The summed E-state index contributed by atoms with van der Waals surface area (Å²) in [4.78, 5) is 14.7. The molecule has 0 spiro atoms. The molecule has 20 heavy (non-hydrogen) atoms. The Bertz CT molecular complexity index is 443. The van der Waals surface area contributed by atoms with E-state index in [4.69, 9.17) is 5.84 Å². The molecule has 1 aromatic carbocycles. The zero-order chi connectivity index (χ0) is 14.4. The van der Waals surface area contributed by atoms with Crippen molar-refractivity contribution >= 4 is 11.6 Å². The monoisotopic (exact) mass is 276 g/mol. The molecule has 1 heterocycles. The summed E-state index contributed by atoms with van der Waals surface area (Å²) >= 11 is 0. The smallest absolute Gasteiger partial charge is 0.253 e. The van der Waals surface area contributed by atoms with E-state index in [0.29, 0.717) is 11.3 Å². The third-order valence-corrected chi connectivity index (χ3v) is 3.69. The van der Waals surface area contributed by atoms with E-state index in [0.717, 1.165) is 19.6 Å². The molecule has 5 nitrogen and oxygen atoms in total. The third-order valence-electron chi connectivity index (χ3n) is 3.69. The molecule has 1 atom stereocenters. The molecule has 1 fully saturated rings. The Morgan fingerprint density at radius 1 is 1.30 bits per heavy atom. The number of amides is 1. The van der Waals surface area contributed by atoms with Crippen LogP contribution in [-0.4, -0.2) is 36.5 Å². The number of carbonyl (C=O) groups is 1. The minimum absolute atomic E-state index is 0.0805.